The van der Waals surface area contributed by atoms with Crippen molar-refractivity contribution in [3.8, 4) is 5.75 Å². The quantitative estimate of drug-likeness (QED) is 0.340. The molecule has 1 aliphatic rings. The zero-order valence-corrected chi connectivity index (χ0v) is 18.3. The Balaban J connectivity index is 1.28. The number of amides is 1. The molecule has 0 saturated carbocycles. The number of carbonyl (C=O) groups excluding carboxylic acids is 1. The molecule has 33 heavy (non-hydrogen) atoms. The zero-order valence-electron chi connectivity index (χ0n) is 18.3. The molecule has 0 radical (unpaired) electrons. The molecule has 2 heterocycles. The molecule has 0 bridgehead atoms. The Labute approximate surface area is 193 Å². The Hall–Kier alpha value is -3.99. The average molecular weight is 439 g/mol. The number of benzene rings is 3. The summed E-state index contributed by atoms with van der Waals surface area (Å²) in [5.74, 6) is 1.55. The lowest BCUT2D eigenvalue weighted by atomic mass is 10.0. The maximum Gasteiger partial charge on any atom is 0.258 e. The van der Waals surface area contributed by atoms with E-state index in [1.165, 1.54) is 5.56 Å². The van der Waals surface area contributed by atoms with E-state index in [4.69, 9.17) is 9.15 Å². The second-order valence-corrected chi connectivity index (χ2v) is 8.11. The van der Waals surface area contributed by atoms with Crippen LogP contribution >= 0.6 is 0 Å². The number of hydrogen-bond donors (Lipinski definition) is 1. The fraction of sp³-hybridized carbons (Fsp3) is 0.179. The number of hydrogen-bond acceptors (Lipinski definition) is 4. The van der Waals surface area contributed by atoms with Crippen LogP contribution in [-0.4, -0.2) is 17.4 Å². The van der Waals surface area contributed by atoms with Crippen molar-refractivity contribution in [2.75, 3.05) is 11.9 Å². The minimum Gasteiger partial charge on any atom is -0.494 e. The largest absolute Gasteiger partial charge is 0.494 e. The van der Waals surface area contributed by atoms with Gasteiger partial charge in [0.05, 0.1) is 25.0 Å². The number of rotatable bonds is 8. The van der Waals surface area contributed by atoms with E-state index in [-0.39, 0.29) is 12.1 Å². The van der Waals surface area contributed by atoms with Gasteiger partial charge >= 0.3 is 0 Å². The van der Waals surface area contributed by atoms with Gasteiger partial charge < -0.3 is 19.4 Å². The Morgan fingerprint density at radius 3 is 2.45 bits per heavy atom. The summed E-state index contributed by atoms with van der Waals surface area (Å²) in [6, 6.07) is 29.7. The van der Waals surface area contributed by atoms with Gasteiger partial charge in [-0.05, 0) is 60.4 Å². The fourth-order valence-electron chi connectivity index (χ4n) is 4.15. The zero-order chi connectivity index (χ0) is 22.5. The van der Waals surface area contributed by atoms with Crippen LogP contribution in [0.15, 0.2) is 102 Å². The van der Waals surface area contributed by atoms with Crippen molar-refractivity contribution in [2.24, 2.45) is 0 Å². The SMILES string of the molecule is O=C1c2ccccc2NC(c2ccc(OCCCc3ccccc3)cc2)N1Cc1ccco1. The molecule has 0 saturated heterocycles. The number of nitrogens with one attached hydrogen (secondary N) is 1. The number of ether oxygens (including phenoxy) is 1. The van der Waals surface area contributed by atoms with E-state index in [0.717, 1.165) is 35.6 Å². The van der Waals surface area contributed by atoms with Gasteiger partial charge in [-0.1, -0.05) is 54.6 Å². The molecule has 0 aliphatic carbocycles. The second kappa shape index (κ2) is 9.65. The molecule has 1 aliphatic heterocycles. The number of aryl methyl sites for hydroxylation is 1. The molecule has 166 valence electrons. The van der Waals surface area contributed by atoms with Crippen molar-refractivity contribution < 1.29 is 13.9 Å². The third-order valence-corrected chi connectivity index (χ3v) is 5.85. The molecule has 5 nitrogen and oxygen atoms in total. The highest BCUT2D eigenvalue weighted by molar-refractivity contribution is 6.01. The third kappa shape index (κ3) is 4.77. The van der Waals surface area contributed by atoms with Crippen molar-refractivity contribution in [1.82, 2.24) is 4.90 Å². The van der Waals surface area contributed by atoms with Gasteiger partial charge in [0, 0.05) is 5.69 Å². The predicted octanol–water partition coefficient (Wildman–Crippen LogP) is 6.06. The van der Waals surface area contributed by atoms with E-state index in [0.29, 0.717) is 18.7 Å². The normalized spacial score (nSPS) is 15.1. The number of anilines is 1. The third-order valence-electron chi connectivity index (χ3n) is 5.85. The summed E-state index contributed by atoms with van der Waals surface area (Å²) in [7, 11) is 0. The molecule has 5 heteroatoms. The van der Waals surface area contributed by atoms with Crippen molar-refractivity contribution in [3.05, 3.63) is 120 Å². The molecule has 0 fully saturated rings. The predicted molar refractivity (Wildman–Crippen MR) is 128 cm³/mol. The van der Waals surface area contributed by atoms with Gasteiger partial charge in [0.1, 0.15) is 17.7 Å². The number of carbonyl (C=O) groups is 1. The van der Waals surface area contributed by atoms with Gasteiger partial charge in [0.25, 0.3) is 5.91 Å². The van der Waals surface area contributed by atoms with Crippen LogP contribution in [0.5, 0.6) is 5.75 Å². The Morgan fingerprint density at radius 1 is 0.879 bits per heavy atom. The van der Waals surface area contributed by atoms with Crippen molar-refractivity contribution in [2.45, 2.75) is 25.6 Å². The number of para-hydroxylation sites is 1. The Kier molecular flexibility index (Phi) is 6.11. The molecule has 1 N–H and O–H groups in total. The maximum absolute atomic E-state index is 13.3. The van der Waals surface area contributed by atoms with E-state index < -0.39 is 0 Å². The van der Waals surface area contributed by atoms with Crippen LogP contribution in [0.2, 0.25) is 0 Å². The molecular formula is C28H26N2O3. The van der Waals surface area contributed by atoms with Crippen molar-refractivity contribution >= 4 is 11.6 Å². The summed E-state index contributed by atoms with van der Waals surface area (Å²) < 4.78 is 11.5. The molecule has 1 atom stereocenters. The summed E-state index contributed by atoms with van der Waals surface area (Å²) in [5.41, 5.74) is 3.81. The van der Waals surface area contributed by atoms with Gasteiger partial charge in [-0.25, -0.2) is 0 Å². The van der Waals surface area contributed by atoms with Crippen molar-refractivity contribution in [3.63, 3.8) is 0 Å². The van der Waals surface area contributed by atoms with E-state index in [2.05, 4.69) is 29.6 Å². The van der Waals surface area contributed by atoms with Crippen LogP contribution in [0.25, 0.3) is 0 Å². The molecule has 5 rings (SSSR count). The van der Waals surface area contributed by atoms with E-state index in [1.54, 1.807) is 11.2 Å². The minimum atomic E-state index is -0.301. The molecule has 0 spiro atoms. The first-order chi connectivity index (χ1) is 16.3. The number of furan rings is 1. The van der Waals surface area contributed by atoms with Crippen LogP contribution < -0.4 is 10.1 Å². The lowest BCUT2D eigenvalue weighted by molar-refractivity contribution is 0.0651. The maximum atomic E-state index is 13.3. The topological polar surface area (TPSA) is 54.7 Å². The summed E-state index contributed by atoms with van der Waals surface area (Å²) in [6.07, 6.45) is 3.28. The van der Waals surface area contributed by atoms with Gasteiger partial charge in [-0.15, -0.1) is 0 Å². The van der Waals surface area contributed by atoms with Crippen LogP contribution in [0.1, 0.15) is 39.8 Å². The highest BCUT2D eigenvalue weighted by Crippen LogP contribution is 2.34. The molecular weight excluding hydrogens is 412 g/mol. The minimum absolute atomic E-state index is 0.0213. The Morgan fingerprint density at radius 2 is 1.67 bits per heavy atom. The van der Waals surface area contributed by atoms with E-state index in [1.807, 2.05) is 66.7 Å². The van der Waals surface area contributed by atoms with Crippen LogP contribution in [0, 0.1) is 0 Å². The first kappa shape index (κ1) is 20.9. The second-order valence-electron chi connectivity index (χ2n) is 8.11. The van der Waals surface area contributed by atoms with E-state index in [9.17, 15) is 4.79 Å². The summed E-state index contributed by atoms with van der Waals surface area (Å²) in [4.78, 5) is 15.1. The summed E-state index contributed by atoms with van der Waals surface area (Å²) in [5, 5.41) is 3.52. The van der Waals surface area contributed by atoms with Crippen LogP contribution in [0.4, 0.5) is 5.69 Å². The van der Waals surface area contributed by atoms with E-state index >= 15 is 0 Å². The van der Waals surface area contributed by atoms with Crippen molar-refractivity contribution in [1.29, 1.82) is 0 Å². The van der Waals surface area contributed by atoms with Gasteiger partial charge in [-0.2, -0.15) is 0 Å². The fourth-order valence-corrected chi connectivity index (χ4v) is 4.15. The van der Waals surface area contributed by atoms with Gasteiger partial charge in [-0.3, -0.25) is 4.79 Å². The molecule has 1 unspecified atom stereocenters. The summed E-state index contributed by atoms with van der Waals surface area (Å²) >= 11 is 0. The van der Waals surface area contributed by atoms with Crippen LogP contribution in [-0.2, 0) is 13.0 Å². The molecule has 4 aromatic rings. The highest BCUT2D eigenvalue weighted by Gasteiger charge is 2.33. The highest BCUT2D eigenvalue weighted by atomic mass is 16.5. The number of fused-ring (bicyclic) bond motifs is 1. The lowest BCUT2D eigenvalue weighted by Crippen LogP contribution is -2.42. The first-order valence-corrected chi connectivity index (χ1v) is 11.2. The first-order valence-electron chi connectivity index (χ1n) is 11.2. The Bertz CT molecular complexity index is 1190. The van der Waals surface area contributed by atoms with Crippen LogP contribution in [0.3, 0.4) is 0 Å². The summed E-state index contributed by atoms with van der Waals surface area (Å²) in [6.45, 7) is 1.04. The molecule has 1 amide bonds. The monoisotopic (exact) mass is 438 g/mol. The average Bonchev–Trinajstić information content (AvgIpc) is 3.38. The number of nitrogens with zero attached hydrogens (tertiary/aromatic N) is 1. The molecule has 1 aromatic heterocycles. The standard InChI is InChI=1S/C28H26N2O3/c31-28-25-12-4-5-13-26(25)29-27(30(28)20-24-11-7-19-33-24)22-14-16-23(17-15-22)32-18-6-10-21-8-2-1-3-9-21/h1-5,7-9,11-17,19,27,29H,6,10,18,20H2. The lowest BCUT2D eigenvalue weighted by Gasteiger charge is -2.37. The van der Waals surface area contributed by atoms with Gasteiger partial charge in [0.2, 0.25) is 0 Å². The smallest absolute Gasteiger partial charge is 0.258 e. The molecule has 3 aromatic carbocycles. The van der Waals surface area contributed by atoms with Gasteiger partial charge in [0.15, 0.2) is 0 Å².